The summed E-state index contributed by atoms with van der Waals surface area (Å²) in [6.45, 7) is 3.02. The first-order valence-electron chi connectivity index (χ1n) is 6.43. The molecule has 18 heavy (non-hydrogen) atoms. The average Bonchev–Trinajstić information content (AvgIpc) is 2.45. The molecule has 0 saturated carbocycles. The Labute approximate surface area is 109 Å². The van der Waals surface area contributed by atoms with Gasteiger partial charge in [0, 0.05) is 12.2 Å². The number of anilines is 1. The Kier molecular flexibility index (Phi) is 4.60. The first-order chi connectivity index (χ1) is 8.88. The zero-order valence-electron chi connectivity index (χ0n) is 10.8. The molecule has 2 aromatic rings. The lowest BCUT2D eigenvalue weighted by molar-refractivity contribution is 1.14. The Bertz CT molecular complexity index is 483. The van der Waals surface area contributed by atoms with E-state index in [0.29, 0.717) is 0 Å². The van der Waals surface area contributed by atoms with Crippen LogP contribution in [0, 0.1) is 0 Å². The number of hydrogen-bond donors (Lipinski definition) is 1. The second-order valence-corrected chi connectivity index (χ2v) is 4.24. The lowest BCUT2D eigenvalue weighted by Gasteiger charge is -2.04. The monoisotopic (exact) mass is 237 g/mol. The summed E-state index contributed by atoms with van der Waals surface area (Å²) in [7, 11) is 0. The van der Waals surface area contributed by atoms with E-state index in [1.165, 1.54) is 16.8 Å². The Balaban J connectivity index is 1.83. The van der Waals surface area contributed by atoms with Crippen molar-refractivity contribution in [3.8, 4) is 0 Å². The zero-order valence-corrected chi connectivity index (χ0v) is 10.8. The van der Waals surface area contributed by atoms with Gasteiger partial charge in [-0.3, -0.25) is 0 Å². The van der Waals surface area contributed by atoms with Gasteiger partial charge in [-0.15, -0.1) is 0 Å². The van der Waals surface area contributed by atoms with E-state index in [-0.39, 0.29) is 0 Å². The van der Waals surface area contributed by atoms with Crippen LogP contribution in [0.25, 0.3) is 6.08 Å². The van der Waals surface area contributed by atoms with Gasteiger partial charge in [0.2, 0.25) is 0 Å². The van der Waals surface area contributed by atoms with Gasteiger partial charge < -0.3 is 5.32 Å². The number of aryl methyl sites for hydroxylation is 1. The Morgan fingerprint density at radius 2 is 1.67 bits per heavy atom. The smallest absolute Gasteiger partial charge is 0.0342 e. The highest BCUT2D eigenvalue weighted by atomic mass is 14.8. The molecule has 0 aliphatic carbocycles. The first-order valence-corrected chi connectivity index (χ1v) is 6.43. The van der Waals surface area contributed by atoms with Crippen molar-refractivity contribution in [1.29, 1.82) is 0 Å². The summed E-state index contributed by atoms with van der Waals surface area (Å²) in [5, 5.41) is 3.38. The second kappa shape index (κ2) is 6.65. The van der Waals surface area contributed by atoms with E-state index < -0.39 is 0 Å². The summed E-state index contributed by atoms with van der Waals surface area (Å²) in [5.41, 5.74) is 3.78. The van der Waals surface area contributed by atoms with Gasteiger partial charge in [0.25, 0.3) is 0 Å². The van der Waals surface area contributed by atoms with Crippen molar-refractivity contribution in [3.05, 3.63) is 71.8 Å². The van der Waals surface area contributed by atoms with Gasteiger partial charge in [-0.05, 0) is 29.7 Å². The van der Waals surface area contributed by atoms with E-state index in [4.69, 9.17) is 0 Å². The van der Waals surface area contributed by atoms with E-state index in [0.717, 1.165) is 13.0 Å². The maximum atomic E-state index is 3.38. The fourth-order valence-corrected chi connectivity index (χ4v) is 1.79. The van der Waals surface area contributed by atoms with E-state index in [9.17, 15) is 0 Å². The van der Waals surface area contributed by atoms with Crippen LogP contribution < -0.4 is 5.32 Å². The number of benzene rings is 2. The largest absolute Gasteiger partial charge is 0.382 e. The zero-order chi connectivity index (χ0) is 12.6. The van der Waals surface area contributed by atoms with Gasteiger partial charge in [0.1, 0.15) is 0 Å². The summed E-state index contributed by atoms with van der Waals surface area (Å²) in [5.74, 6) is 0. The minimum Gasteiger partial charge on any atom is -0.382 e. The van der Waals surface area contributed by atoms with E-state index in [2.05, 4.69) is 72.9 Å². The molecule has 1 nitrogen and oxygen atoms in total. The molecule has 0 bridgehead atoms. The molecule has 0 fully saturated rings. The lowest BCUT2D eigenvalue weighted by atomic mass is 10.1. The molecular formula is C17H19N. The molecule has 0 aromatic heterocycles. The van der Waals surface area contributed by atoms with Crippen molar-refractivity contribution in [2.75, 3.05) is 11.9 Å². The SMILES string of the molecule is CCc1ccc(NC/C=C/c2ccccc2)cc1. The molecule has 0 radical (unpaired) electrons. The van der Waals surface area contributed by atoms with Crippen molar-refractivity contribution < 1.29 is 0 Å². The van der Waals surface area contributed by atoms with E-state index >= 15 is 0 Å². The Hall–Kier alpha value is -2.02. The number of nitrogens with one attached hydrogen (secondary N) is 1. The molecule has 0 amide bonds. The first kappa shape index (κ1) is 12.4. The number of rotatable bonds is 5. The lowest BCUT2D eigenvalue weighted by Crippen LogP contribution is -1.97. The molecule has 0 aliphatic heterocycles. The highest BCUT2D eigenvalue weighted by Crippen LogP contribution is 2.09. The van der Waals surface area contributed by atoms with Crippen molar-refractivity contribution in [3.63, 3.8) is 0 Å². The van der Waals surface area contributed by atoms with Crippen molar-refractivity contribution >= 4 is 11.8 Å². The molecule has 0 heterocycles. The molecule has 0 unspecified atom stereocenters. The highest BCUT2D eigenvalue weighted by molar-refractivity contribution is 5.51. The van der Waals surface area contributed by atoms with E-state index in [1.54, 1.807) is 0 Å². The van der Waals surface area contributed by atoms with Crippen LogP contribution in [0.3, 0.4) is 0 Å². The molecule has 1 heteroatoms. The van der Waals surface area contributed by atoms with Gasteiger partial charge in [0.15, 0.2) is 0 Å². The van der Waals surface area contributed by atoms with Crippen LogP contribution in [0.15, 0.2) is 60.7 Å². The van der Waals surface area contributed by atoms with Gasteiger partial charge in [-0.1, -0.05) is 61.5 Å². The molecule has 2 rings (SSSR count). The fraction of sp³-hybridized carbons (Fsp3) is 0.176. The van der Waals surface area contributed by atoms with Crippen LogP contribution in [-0.4, -0.2) is 6.54 Å². The minimum atomic E-state index is 0.848. The van der Waals surface area contributed by atoms with Gasteiger partial charge in [0.05, 0.1) is 0 Å². The standard InChI is InChI=1S/C17H19N/c1-2-15-10-12-17(13-11-15)18-14-6-9-16-7-4-3-5-8-16/h3-13,18H,2,14H2,1H3/b9-6+. The topological polar surface area (TPSA) is 12.0 Å². The molecule has 0 saturated heterocycles. The minimum absolute atomic E-state index is 0.848. The third-order valence-corrected chi connectivity index (χ3v) is 2.90. The van der Waals surface area contributed by atoms with Gasteiger partial charge in [-0.25, -0.2) is 0 Å². The van der Waals surface area contributed by atoms with Crippen LogP contribution in [0.2, 0.25) is 0 Å². The highest BCUT2D eigenvalue weighted by Gasteiger charge is 1.90. The summed E-state index contributed by atoms with van der Waals surface area (Å²) in [6, 6.07) is 19.0. The van der Waals surface area contributed by atoms with Crippen molar-refractivity contribution in [1.82, 2.24) is 0 Å². The molecule has 0 spiro atoms. The molecule has 2 aromatic carbocycles. The molecule has 92 valence electrons. The third kappa shape index (κ3) is 3.77. The fourth-order valence-electron chi connectivity index (χ4n) is 1.79. The Morgan fingerprint density at radius 3 is 2.33 bits per heavy atom. The maximum absolute atomic E-state index is 3.38. The predicted octanol–water partition coefficient (Wildman–Crippen LogP) is 4.37. The van der Waals surface area contributed by atoms with Gasteiger partial charge in [-0.2, -0.15) is 0 Å². The van der Waals surface area contributed by atoms with Crippen LogP contribution in [0.5, 0.6) is 0 Å². The molecule has 0 atom stereocenters. The quantitative estimate of drug-likeness (QED) is 0.814. The van der Waals surface area contributed by atoms with Crippen LogP contribution in [-0.2, 0) is 6.42 Å². The van der Waals surface area contributed by atoms with Crippen molar-refractivity contribution in [2.24, 2.45) is 0 Å². The molecular weight excluding hydrogens is 218 g/mol. The summed E-state index contributed by atoms with van der Waals surface area (Å²) < 4.78 is 0. The summed E-state index contributed by atoms with van der Waals surface area (Å²) in [4.78, 5) is 0. The van der Waals surface area contributed by atoms with E-state index in [1.807, 2.05) is 6.07 Å². The average molecular weight is 237 g/mol. The molecule has 1 N–H and O–H groups in total. The predicted molar refractivity (Wildman–Crippen MR) is 79.8 cm³/mol. The van der Waals surface area contributed by atoms with Gasteiger partial charge >= 0.3 is 0 Å². The second-order valence-electron chi connectivity index (χ2n) is 4.24. The third-order valence-electron chi connectivity index (χ3n) is 2.90. The summed E-state index contributed by atoms with van der Waals surface area (Å²) >= 11 is 0. The molecule has 0 aliphatic rings. The Morgan fingerprint density at radius 1 is 0.944 bits per heavy atom. The van der Waals surface area contributed by atoms with Crippen molar-refractivity contribution in [2.45, 2.75) is 13.3 Å². The van der Waals surface area contributed by atoms with Crippen LogP contribution in [0.1, 0.15) is 18.1 Å². The normalized spacial score (nSPS) is 10.7. The number of hydrogen-bond acceptors (Lipinski definition) is 1. The maximum Gasteiger partial charge on any atom is 0.0342 e. The summed E-state index contributed by atoms with van der Waals surface area (Å²) in [6.07, 6.45) is 5.37. The van der Waals surface area contributed by atoms with Crippen LogP contribution >= 0.6 is 0 Å². The van der Waals surface area contributed by atoms with Crippen LogP contribution in [0.4, 0.5) is 5.69 Å².